The number of aromatic amines is 1. The molecule has 7 nitrogen and oxygen atoms in total. The molecular weight excluding hydrogens is 298 g/mol. The van der Waals surface area contributed by atoms with Gasteiger partial charge in [0.1, 0.15) is 23.4 Å². The number of nitrogens with zero attached hydrogens (tertiary/aromatic N) is 1. The molecule has 10 heteroatoms. The second-order valence-corrected chi connectivity index (χ2v) is 4.45. The third-order valence-electron chi connectivity index (χ3n) is 2.73. The zero-order chi connectivity index (χ0) is 16.9. The fraction of sp³-hybridized carbons (Fsp3) is 0.600. The first-order chi connectivity index (χ1) is 10.0. The largest absolute Gasteiger partial charge is 0.385 e. The molecule has 1 fully saturated rings. The molecule has 2 rings (SSSR count). The standard InChI is InChI=1S/C10H12F2N2O5S/c1-18-3-10(12)6(16)5(15)8(19-10)14-2-4(11)7(20)13-9(14)17/h2,5-6,8,15-16H,3H2,1H3,(H,13,17,20)/t5-,6+,8-,10-/m1/s1/i3D2. The van der Waals surface area contributed by atoms with E-state index < -0.39 is 47.0 Å². The topological polar surface area (TPSA) is 96.7 Å². The Kier molecular flexibility index (Phi) is 3.32. The highest BCUT2D eigenvalue weighted by Gasteiger charge is 2.56. The van der Waals surface area contributed by atoms with Gasteiger partial charge in [-0.15, -0.1) is 0 Å². The molecule has 0 aromatic carbocycles. The van der Waals surface area contributed by atoms with Gasteiger partial charge in [0.25, 0.3) is 5.85 Å². The van der Waals surface area contributed by atoms with Crippen molar-refractivity contribution in [2.45, 2.75) is 24.3 Å². The van der Waals surface area contributed by atoms with Crippen LogP contribution in [0.4, 0.5) is 8.78 Å². The molecule has 0 aliphatic carbocycles. The van der Waals surface area contributed by atoms with Gasteiger partial charge in [0.15, 0.2) is 12.0 Å². The molecule has 1 aromatic rings. The summed E-state index contributed by atoms with van der Waals surface area (Å²) in [5, 5.41) is 19.6. The van der Waals surface area contributed by atoms with E-state index in [4.69, 9.17) is 2.74 Å². The highest BCUT2D eigenvalue weighted by atomic mass is 32.1. The summed E-state index contributed by atoms with van der Waals surface area (Å²) in [4.78, 5) is 13.6. The smallest absolute Gasteiger partial charge is 0.328 e. The number of methoxy groups -OCH3 is 1. The number of aliphatic hydroxyl groups is 2. The van der Waals surface area contributed by atoms with Gasteiger partial charge >= 0.3 is 5.69 Å². The molecule has 1 aromatic heterocycles. The Labute approximate surface area is 119 Å². The highest BCUT2D eigenvalue weighted by molar-refractivity contribution is 7.71. The van der Waals surface area contributed by atoms with Gasteiger partial charge < -0.3 is 19.7 Å². The molecule has 0 amide bonds. The van der Waals surface area contributed by atoms with Crippen molar-refractivity contribution in [2.24, 2.45) is 0 Å². The number of hydrogen-bond donors (Lipinski definition) is 3. The Hall–Kier alpha value is -1.20. The quantitative estimate of drug-likeness (QED) is 0.658. The molecule has 20 heavy (non-hydrogen) atoms. The number of H-pyrrole nitrogens is 1. The number of aromatic nitrogens is 2. The number of rotatable bonds is 3. The molecule has 0 saturated carbocycles. The molecule has 1 aliphatic rings. The summed E-state index contributed by atoms with van der Waals surface area (Å²) in [7, 11) is 0.822. The monoisotopic (exact) mass is 312 g/mol. The lowest BCUT2D eigenvalue weighted by Gasteiger charge is -2.21. The van der Waals surface area contributed by atoms with E-state index >= 15 is 0 Å². The van der Waals surface area contributed by atoms with Gasteiger partial charge in [-0.3, -0.25) is 9.55 Å². The number of nitrogens with one attached hydrogen (secondary N) is 1. The first-order valence-corrected chi connectivity index (χ1v) is 5.75. The Morgan fingerprint density at radius 3 is 3.00 bits per heavy atom. The lowest BCUT2D eigenvalue weighted by Crippen LogP contribution is -2.42. The lowest BCUT2D eigenvalue weighted by molar-refractivity contribution is -0.212. The molecular formula is C10H12F2N2O5S. The van der Waals surface area contributed by atoms with E-state index in [0.29, 0.717) is 10.8 Å². The summed E-state index contributed by atoms with van der Waals surface area (Å²) >= 11 is 4.50. The van der Waals surface area contributed by atoms with Crippen molar-refractivity contribution >= 4 is 12.2 Å². The van der Waals surface area contributed by atoms with Crippen molar-refractivity contribution in [3.63, 3.8) is 0 Å². The number of hydrogen-bond acceptors (Lipinski definition) is 6. The van der Waals surface area contributed by atoms with Crippen molar-refractivity contribution in [2.75, 3.05) is 13.7 Å². The minimum absolute atomic E-state index is 0.423. The SMILES string of the molecule is [2H]C([2H])(OC)[C@@]1(F)O[C@@H](n2cc(F)c(=S)[nH]c2=O)[C@H](O)[C@@H]1O. The Morgan fingerprint density at radius 1 is 1.75 bits per heavy atom. The van der Waals surface area contributed by atoms with Gasteiger partial charge in [0, 0.05) is 7.11 Å². The van der Waals surface area contributed by atoms with Gasteiger partial charge in [0.2, 0.25) is 0 Å². The molecule has 0 bridgehead atoms. The zero-order valence-corrected chi connectivity index (χ0v) is 10.9. The zero-order valence-electron chi connectivity index (χ0n) is 12.0. The van der Waals surface area contributed by atoms with Crippen LogP contribution in [0.5, 0.6) is 0 Å². The van der Waals surface area contributed by atoms with Crippen LogP contribution in [0.15, 0.2) is 11.0 Å². The first-order valence-electron chi connectivity index (χ1n) is 6.34. The predicted molar refractivity (Wildman–Crippen MR) is 63.7 cm³/mol. The first kappa shape index (κ1) is 12.5. The van der Waals surface area contributed by atoms with Crippen LogP contribution in [0.2, 0.25) is 0 Å². The van der Waals surface area contributed by atoms with Crippen LogP contribution in [0, 0.1) is 10.5 Å². The van der Waals surface area contributed by atoms with Gasteiger partial charge in [-0.05, 0) is 0 Å². The minimum Gasteiger partial charge on any atom is -0.385 e. The maximum atomic E-state index is 14.6. The van der Waals surface area contributed by atoms with E-state index in [9.17, 15) is 23.8 Å². The van der Waals surface area contributed by atoms with Crippen molar-refractivity contribution in [1.82, 2.24) is 9.55 Å². The van der Waals surface area contributed by atoms with Crippen molar-refractivity contribution < 1.29 is 31.2 Å². The second-order valence-electron chi connectivity index (χ2n) is 4.04. The molecule has 1 aliphatic heterocycles. The van der Waals surface area contributed by atoms with E-state index in [1.807, 2.05) is 4.98 Å². The average molecular weight is 312 g/mol. The lowest BCUT2D eigenvalue weighted by atomic mass is 10.1. The van der Waals surface area contributed by atoms with Crippen LogP contribution in [0.25, 0.3) is 0 Å². The molecule has 4 atom stereocenters. The minimum atomic E-state index is -3.48. The molecule has 0 radical (unpaired) electrons. The number of halogens is 2. The number of alkyl halides is 1. The van der Waals surface area contributed by atoms with E-state index in [2.05, 4.69) is 21.7 Å². The van der Waals surface area contributed by atoms with Gasteiger partial charge in [-0.1, -0.05) is 12.2 Å². The van der Waals surface area contributed by atoms with E-state index in [1.54, 1.807) is 0 Å². The summed E-state index contributed by atoms with van der Waals surface area (Å²) in [6.45, 7) is -3.13. The summed E-state index contributed by atoms with van der Waals surface area (Å²) in [6.07, 6.45) is -5.78. The van der Waals surface area contributed by atoms with Crippen LogP contribution >= 0.6 is 12.2 Å². The number of aliphatic hydroxyl groups excluding tert-OH is 2. The summed E-state index contributed by atoms with van der Waals surface area (Å²) in [6, 6.07) is 0. The molecule has 1 saturated heterocycles. The normalized spacial score (nSPS) is 35.8. The summed E-state index contributed by atoms with van der Waals surface area (Å²) in [5.41, 5.74) is -1.04. The predicted octanol–water partition coefficient (Wildman–Crippen LogP) is -0.392. The van der Waals surface area contributed by atoms with E-state index in [0.717, 1.165) is 7.11 Å². The third-order valence-corrected chi connectivity index (χ3v) is 3.03. The van der Waals surface area contributed by atoms with Crippen LogP contribution in [0.3, 0.4) is 0 Å². The maximum Gasteiger partial charge on any atom is 0.328 e. The summed E-state index contributed by atoms with van der Waals surface area (Å²) in [5.74, 6) is -4.53. The molecule has 0 spiro atoms. The third kappa shape index (κ3) is 2.40. The van der Waals surface area contributed by atoms with E-state index in [1.165, 1.54) is 0 Å². The Morgan fingerprint density at radius 2 is 2.40 bits per heavy atom. The van der Waals surface area contributed by atoms with Gasteiger partial charge in [0.05, 0.1) is 8.94 Å². The average Bonchev–Trinajstić information content (AvgIpc) is 2.69. The Bertz CT molecular complexity index is 699. The second kappa shape index (κ2) is 5.30. The van der Waals surface area contributed by atoms with E-state index in [-0.39, 0.29) is 0 Å². The van der Waals surface area contributed by atoms with Crippen LogP contribution < -0.4 is 5.69 Å². The van der Waals surface area contributed by atoms with Crippen LogP contribution in [0.1, 0.15) is 8.97 Å². The van der Waals surface area contributed by atoms with Crippen molar-refractivity contribution in [3.05, 3.63) is 27.1 Å². The molecule has 0 unspecified atom stereocenters. The maximum absolute atomic E-state index is 14.6. The summed E-state index contributed by atoms with van der Waals surface area (Å²) < 4.78 is 51.6. The van der Waals surface area contributed by atoms with Crippen LogP contribution in [-0.4, -0.2) is 51.5 Å². The molecule has 2 heterocycles. The number of ether oxygens (including phenoxy) is 2. The van der Waals surface area contributed by atoms with Crippen molar-refractivity contribution in [1.29, 1.82) is 0 Å². The molecule has 112 valence electrons. The fourth-order valence-corrected chi connectivity index (χ4v) is 1.93. The molecule has 3 N–H and O–H groups in total. The van der Waals surface area contributed by atoms with Crippen LogP contribution in [-0.2, 0) is 9.47 Å². The Balaban J connectivity index is 2.50. The van der Waals surface area contributed by atoms with Gasteiger partial charge in [-0.25, -0.2) is 13.6 Å². The van der Waals surface area contributed by atoms with Gasteiger partial charge in [-0.2, -0.15) is 0 Å². The fourth-order valence-electron chi connectivity index (χ4n) is 1.79. The highest BCUT2D eigenvalue weighted by Crippen LogP contribution is 2.37. The van der Waals surface area contributed by atoms with Crippen molar-refractivity contribution in [3.8, 4) is 0 Å².